The first-order chi connectivity index (χ1) is 35.0. The molecule has 0 bridgehead atoms. The molecular formula is C48H62N17O9+. The van der Waals surface area contributed by atoms with E-state index in [1.165, 1.54) is 61.7 Å². The highest BCUT2D eigenvalue weighted by Crippen LogP contribution is 2.22. The van der Waals surface area contributed by atoms with Gasteiger partial charge in [0, 0.05) is 112 Å². The zero-order valence-electron chi connectivity index (χ0n) is 42.6. The second kappa shape index (κ2) is 23.8. The molecule has 0 unspecified atom stereocenters. The minimum absolute atomic E-state index is 0.0413. The van der Waals surface area contributed by atoms with E-state index in [1.54, 1.807) is 82.4 Å². The Balaban J connectivity index is 0.927. The van der Waals surface area contributed by atoms with Gasteiger partial charge in [0.2, 0.25) is 17.6 Å². The molecule has 0 aromatic carbocycles. The van der Waals surface area contributed by atoms with E-state index in [2.05, 4.69) is 52.5 Å². The average molecular weight is 1020 g/mol. The van der Waals surface area contributed by atoms with Crippen LogP contribution in [0.5, 0.6) is 0 Å². The zero-order valence-corrected chi connectivity index (χ0v) is 42.6. The van der Waals surface area contributed by atoms with Gasteiger partial charge in [-0.05, 0) is 50.8 Å². The first kappa shape index (κ1) is 54.1. The van der Waals surface area contributed by atoms with E-state index in [-0.39, 0.29) is 77.3 Å². The minimum atomic E-state index is -0.556. The van der Waals surface area contributed by atoms with Crippen LogP contribution < -0.4 is 47.5 Å². The number of nitrogens with zero attached hydrogens (tertiary/aromatic N) is 8. The summed E-state index contributed by atoms with van der Waals surface area (Å²) in [7, 11) is 13.7. The molecule has 10 N–H and O–H groups in total. The maximum Gasteiger partial charge on any atom is 0.352 e. The number of carbonyl (C=O) groups is 8. The van der Waals surface area contributed by atoms with E-state index in [0.717, 1.165) is 13.0 Å². The standard InChI is InChI=1S/C48H61N17O9/c1-28(66)52-39-27-65(9)42(58-39)48(74)57-33-20-38(64(8)26-33)47(73)54-30-17-34(60(4)23-30)43(69)50-13-10-12-40(67)53-29-16-36(62(6)22-29)45(71)56-32-19-37(63(7)25-32)46(72)55-31-18-35(61(5)24-31)44(70)51-21-41(68)49-14-11-15-59(2)3/h16-20,22-27H,10-15,21H2,1-9H3,(H,49,68)(H,50,69)(H,51,70)(H,52,66)(H,53,67)(H,54,73)(H,55,72)(H,56,71)(H,57,74)/p+1. The predicted molar refractivity (Wildman–Crippen MR) is 276 cm³/mol. The molecule has 0 saturated carbocycles. The van der Waals surface area contributed by atoms with E-state index in [0.29, 0.717) is 41.4 Å². The van der Waals surface area contributed by atoms with E-state index in [9.17, 15) is 43.5 Å². The summed E-state index contributed by atoms with van der Waals surface area (Å²) in [6, 6.07) is 7.50. The van der Waals surface area contributed by atoms with Crippen molar-refractivity contribution in [2.75, 3.05) is 72.2 Å². The fraction of sp³-hybridized carbons (Fsp3) is 0.333. The molecular weight excluding hydrogens is 959 g/mol. The first-order valence-corrected chi connectivity index (χ1v) is 23.2. The van der Waals surface area contributed by atoms with Gasteiger partial charge in [0.25, 0.3) is 35.4 Å². The van der Waals surface area contributed by atoms with Crippen LogP contribution in [0.15, 0.2) is 67.5 Å². The third-order valence-corrected chi connectivity index (χ3v) is 11.3. The van der Waals surface area contributed by atoms with Gasteiger partial charge in [0.15, 0.2) is 5.82 Å². The fourth-order valence-electron chi connectivity index (χ4n) is 7.69. The maximum atomic E-state index is 13.4. The SMILES string of the molecule is CC(=O)Nc1cn(C)c(C(=O)Nc2cc(C(=O)Nc3cc(C(=O)NCCCC(=O)Nc4cc(C(=O)Nc5cc(C(=O)Nc6cc(C(=O)NCC(O)=[NH+]CCCN(C)C)n(C)c6)n(C)c5)n(C)c4)n(C)c3)n(C)c2)n1. The van der Waals surface area contributed by atoms with Crippen LogP contribution in [0.2, 0.25) is 0 Å². The molecule has 0 aliphatic carbocycles. The van der Waals surface area contributed by atoms with Gasteiger partial charge in [-0.1, -0.05) is 0 Å². The number of aliphatic hydroxyl groups excluding tert-OH is 1. The van der Waals surface area contributed by atoms with Crippen molar-refractivity contribution < 1.29 is 48.5 Å². The zero-order chi connectivity index (χ0) is 54.0. The molecule has 6 rings (SSSR count). The van der Waals surface area contributed by atoms with Crippen molar-refractivity contribution in [1.29, 1.82) is 0 Å². The second-order valence-electron chi connectivity index (χ2n) is 17.8. The van der Waals surface area contributed by atoms with Gasteiger partial charge in [-0.25, -0.2) is 9.98 Å². The Morgan fingerprint density at radius 2 is 0.932 bits per heavy atom. The largest absolute Gasteiger partial charge is 0.462 e. The summed E-state index contributed by atoms with van der Waals surface area (Å²) in [4.78, 5) is 112. The molecule has 0 spiro atoms. The van der Waals surface area contributed by atoms with Crippen molar-refractivity contribution in [1.82, 2.24) is 47.9 Å². The molecule has 6 aromatic heterocycles. The molecule has 0 aliphatic rings. The molecule has 0 saturated heterocycles. The number of amides is 8. The van der Waals surface area contributed by atoms with Crippen molar-refractivity contribution in [3.05, 3.63) is 102 Å². The second-order valence-corrected chi connectivity index (χ2v) is 17.8. The van der Waals surface area contributed by atoms with Gasteiger partial charge < -0.3 is 79.9 Å². The molecule has 8 amide bonds. The van der Waals surface area contributed by atoms with Crippen molar-refractivity contribution in [3.8, 4) is 0 Å². The van der Waals surface area contributed by atoms with Gasteiger partial charge in [-0.15, -0.1) is 0 Å². The lowest BCUT2D eigenvalue weighted by Gasteiger charge is -2.06. The molecule has 0 radical (unpaired) electrons. The number of aryl methyl sites for hydroxylation is 6. The van der Waals surface area contributed by atoms with E-state index in [1.807, 2.05) is 19.0 Å². The molecule has 0 atom stereocenters. The summed E-state index contributed by atoms with van der Waals surface area (Å²) in [6.45, 7) is 2.79. The van der Waals surface area contributed by atoms with Gasteiger partial charge in [0.05, 0.1) is 28.4 Å². The van der Waals surface area contributed by atoms with Gasteiger partial charge in [0.1, 0.15) is 41.6 Å². The smallest absolute Gasteiger partial charge is 0.352 e. The lowest BCUT2D eigenvalue weighted by Crippen LogP contribution is -2.75. The molecule has 26 nitrogen and oxygen atoms in total. The highest BCUT2D eigenvalue weighted by Gasteiger charge is 2.22. The predicted octanol–water partition coefficient (Wildman–Crippen LogP) is 0.948. The topological polar surface area (TPSA) is 313 Å². The molecule has 6 heterocycles. The van der Waals surface area contributed by atoms with Crippen molar-refractivity contribution in [2.45, 2.75) is 26.2 Å². The number of aliphatic hydroxyl groups is 1. The van der Waals surface area contributed by atoms with Gasteiger partial charge >= 0.3 is 5.90 Å². The Labute approximate surface area is 425 Å². The number of rotatable bonds is 22. The summed E-state index contributed by atoms with van der Waals surface area (Å²) >= 11 is 0. The monoisotopic (exact) mass is 1020 g/mol. The van der Waals surface area contributed by atoms with Crippen molar-refractivity contribution >= 4 is 87.4 Å². The number of carbonyl (C=O) groups excluding carboxylic acids is 8. The number of hydrogen-bond donors (Lipinski definition) is 10. The van der Waals surface area contributed by atoms with Crippen LogP contribution in [0, 0.1) is 0 Å². The van der Waals surface area contributed by atoms with Crippen LogP contribution in [-0.4, -0.2) is 136 Å². The normalized spacial score (nSPS) is 11.3. The third-order valence-electron chi connectivity index (χ3n) is 11.3. The van der Waals surface area contributed by atoms with Crippen LogP contribution in [0.1, 0.15) is 89.2 Å². The summed E-state index contributed by atoms with van der Waals surface area (Å²) in [5, 5.41) is 31.8. The first-order valence-electron chi connectivity index (χ1n) is 23.2. The summed E-state index contributed by atoms with van der Waals surface area (Å²) < 4.78 is 9.15. The fourth-order valence-corrected chi connectivity index (χ4v) is 7.69. The Morgan fingerprint density at radius 1 is 0.527 bits per heavy atom. The highest BCUT2D eigenvalue weighted by molar-refractivity contribution is 6.09. The minimum Gasteiger partial charge on any atom is -0.462 e. The number of hydrogen-bond acceptors (Lipinski definition) is 10. The van der Waals surface area contributed by atoms with Crippen LogP contribution in [0.3, 0.4) is 0 Å². The number of anilines is 6. The quantitative estimate of drug-likeness (QED) is 0.0259. The van der Waals surface area contributed by atoms with Gasteiger partial charge in [-0.2, -0.15) is 0 Å². The van der Waals surface area contributed by atoms with Crippen LogP contribution >= 0.6 is 0 Å². The Morgan fingerprint density at radius 3 is 1.36 bits per heavy atom. The average Bonchev–Trinajstić information content (AvgIpc) is 4.19. The van der Waals surface area contributed by atoms with E-state index >= 15 is 0 Å². The Bertz CT molecular complexity index is 3140. The van der Waals surface area contributed by atoms with E-state index in [4.69, 9.17) is 0 Å². The van der Waals surface area contributed by atoms with E-state index < -0.39 is 35.4 Å². The summed E-state index contributed by atoms with van der Waals surface area (Å²) in [5.41, 5.74) is 2.89. The molecule has 26 heteroatoms. The Hall–Kier alpha value is -9.20. The molecule has 0 fully saturated rings. The third kappa shape index (κ3) is 14.2. The van der Waals surface area contributed by atoms with Crippen molar-refractivity contribution in [2.24, 2.45) is 42.3 Å². The summed E-state index contributed by atoms with van der Waals surface area (Å²) in [5.74, 6) is -3.42. The molecule has 0 aliphatic heterocycles. The molecule has 6 aromatic rings. The maximum absolute atomic E-state index is 13.4. The number of aromatic nitrogens is 7. The Kier molecular flexibility index (Phi) is 17.4. The highest BCUT2D eigenvalue weighted by atomic mass is 16.3. The summed E-state index contributed by atoms with van der Waals surface area (Å²) in [6.07, 6.45) is 10.5. The molecule has 74 heavy (non-hydrogen) atoms. The van der Waals surface area contributed by atoms with Crippen LogP contribution in [0.25, 0.3) is 0 Å². The number of imidazole rings is 1. The van der Waals surface area contributed by atoms with Crippen LogP contribution in [-0.2, 0) is 51.9 Å². The molecule has 392 valence electrons. The lowest BCUT2D eigenvalue weighted by molar-refractivity contribution is -0.467. The van der Waals surface area contributed by atoms with Gasteiger partial charge in [-0.3, -0.25) is 38.4 Å². The number of nitrogens with one attached hydrogen (secondary N) is 9. The van der Waals surface area contributed by atoms with Crippen LogP contribution in [0.4, 0.5) is 34.3 Å². The lowest BCUT2D eigenvalue weighted by atomic mass is 10.2. The van der Waals surface area contributed by atoms with Crippen molar-refractivity contribution in [3.63, 3.8) is 0 Å².